The maximum Gasteiger partial charge on any atom is 0.298 e. The standard InChI is InChI=1S/C25H22F2N4O2/c1-28-21-9-6-18(12-20(21)26)23-30-24(33-14-15-10-11-29-13-15)22(27)25(32)31(23)19-7-4-17(5-8-19)16-2-3-16/h4-9,12,15-16,29H,2-3,10-11,13-14H2/t15-/m0/s1. The van der Waals surface area contributed by atoms with Gasteiger partial charge in [-0.25, -0.2) is 9.24 Å². The second-order valence-electron chi connectivity index (χ2n) is 8.51. The Morgan fingerprint density at radius 2 is 1.94 bits per heavy atom. The number of halogens is 2. The van der Waals surface area contributed by atoms with Gasteiger partial charge in [0.2, 0.25) is 5.69 Å². The van der Waals surface area contributed by atoms with Gasteiger partial charge in [0.15, 0.2) is 5.82 Å². The molecule has 1 aliphatic carbocycles. The van der Waals surface area contributed by atoms with Crippen LogP contribution >= 0.6 is 0 Å². The van der Waals surface area contributed by atoms with Crippen LogP contribution in [0.3, 0.4) is 0 Å². The molecule has 0 radical (unpaired) electrons. The predicted octanol–water partition coefficient (Wildman–Crippen LogP) is 4.59. The van der Waals surface area contributed by atoms with Gasteiger partial charge in [0, 0.05) is 18.0 Å². The molecule has 6 nitrogen and oxygen atoms in total. The van der Waals surface area contributed by atoms with Crippen molar-refractivity contribution in [3.05, 3.63) is 81.4 Å². The van der Waals surface area contributed by atoms with Crippen molar-refractivity contribution in [3.8, 4) is 23.0 Å². The minimum atomic E-state index is -1.09. The van der Waals surface area contributed by atoms with Gasteiger partial charge >= 0.3 is 0 Å². The summed E-state index contributed by atoms with van der Waals surface area (Å²) < 4.78 is 36.2. The maximum atomic E-state index is 15.1. The fourth-order valence-electron chi connectivity index (χ4n) is 4.11. The van der Waals surface area contributed by atoms with Crippen LogP contribution in [0.15, 0.2) is 47.3 Å². The third kappa shape index (κ3) is 4.24. The highest BCUT2D eigenvalue weighted by Gasteiger charge is 2.25. The Hall–Kier alpha value is -3.57. The van der Waals surface area contributed by atoms with E-state index in [0.29, 0.717) is 11.6 Å². The van der Waals surface area contributed by atoms with Gasteiger partial charge in [0.25, 0.3) is 17.3 Å². The second-order valence-corrected chi connectivity index (χ2v) is 8.51. The van der Waals surface area contributed by atoms with E-state index in [1.165, 1.54) is 17.7 Å². The fourth-order valence-corrected chi connectivity index (χ4v) is 4.11. The van der Waals surface area contributed by atoms with E-state index in [-0.39, 0.29) is 29.6 Å². The molecule has 1 atom stereocenters. The van der Waals surface area contributed by atoms with Crippen LogP contribution in [-0.2, 0) is 0 Å². The summed E-state index contributed by atoms with van der Waals surface area (Å²) in [5.74, 6) is -1.45. The molecule has 0 unspecified atom stereocenters. The number of nitrogens with zero attached hydrogens (tertiary/aromatic N) is 3. The SMILES string of the molecule is [C-]#[N+]c1ccc(-c2nc(OC[C@H]3CCNC3)c(F)c(=O)n2-c2ccc(C3CC3)cc2)cc1F. The van der Waals surface area contributed by atoms with Crippen LogP contribution in [0, 0.1) is 24.1 Å². The van der Waals surface area contributed by atoms with Gasteiger partial charge in [-0.3, -0.25) is 9.36 Å². The van der Waals surface area contributed by atoms with Crippen molar-refractivity contribution >= 4 is 5.69 Å². The van der Waals surface area contributed by atoms with E-state index in [1.807, 2.05) is 12.1 Å². The minimum absolute atomic E-state index is 0.0514. The molecule has 1 saturated heterocycles. The molecule has 0 bridgehead atoms. The number of rotatable bonds is 6. The fraction of sp³-hybridized carbons (Fsp3) is 0.320. The van der Waals surface area contributed by atoms with Crippen molar-refractivity contribution in [2.45, 2.75) is 25.2 Å². The quantitative estimate of drug-likeness (QED) is 0.560. The van der Waals surface area contributed by atoms with E-state index >= 15 is 4.39 Å². The first-order valence-corrected chi connectivity index (χ1v) is 11.0. The Labute approximate surface area is 189 Å². The molecule has 1 saturated carbocycles. The van der Waals surface area contributed by atoms with Crippen molar-refractivity contribution in [2.24, 2.45) is 5.92 Å². The minimum Gasteiger partial charge on any atom is -0.475 e. The Balaban J connectivity index is 1.61. The summed E-state index contributed by atoms with van der Waals surface area (Å²) in [5, 5.41) is 3.21. The molecule has 8 heteroatoms. The van der Waals surface area contributed by atoms with E-state index in [0.717, 1.165) is 43.0 Å². The summed E-state index contributed by atoms with van der Waals surface area (Å²) in [4.78, 5) is 20.6. The first kappa shape index (κ1) is 21.3. The summed E-state index contributed by atoms with van der Waals surface area (Å²) in [6, 6.07) is 11.3. The lowest BCUT2D eigenvalue weighted by molar-refractivity contribution is 0.238. The topological polar surface area (TPSA) is 60.5 Å². The van der Waals surface area contributed by atoms with Crippen LogP contribution in [0.1, 0.15) is 30.7 Å². The van der Waals surface area contributed by atoms with Crippen LogP contribution in [0.2, 0.25) is 0 Å². The number of ether oxygens (including phenoxy) is 1. The van der Waals surface area contributed by atoms with Gasteiger partial charge in [0.1, 0.15) is 5.82 Å². The van der Waals surface area contributed by atoms with Gasteiger partial charge in [-0.2, -0.15) is 9.37 Å². The van der Waals surface area contributed by atoms with E-state index in [9.17, 15) is 9.18 Å². The molecule has 5 rings (SSSR count). The van der Waals surface area contributed by atoms with Crippen molar-refractivity contribution in [1.82, 2.24) is 14.9 Å². The lowest BCUT2D eigenvalue weighted by Gasteiger charge is -2.17. The lowest BCUT2D eigenvalue weighted by Crippen LogP contribution is -2.27. The predicted molar refractivity (Wildman–Crippen MR) is 120 cm³/mol. The maximum absolute atomic E-state index is 15.1. The van der Waals surface area contributed by atoms with Crippen molar-refractivity contribution in [3.63, 3.8) is 0 Å². The van der Waals surface area contributed by atoms with Gasteiger partial charge < -0.3 is 10.1 Å². The normalized spacial score (nSPS) is 17.7. The Kier molecular flexibility index (Phi) is 5.65. The van der Waals surface area contributed by atoms with E-state index in [1.54, 1.807) is 12.1 Å². The zero-order valence-electron chi connectivity index (χ0n) is 17.9. The second kappa shape index (κ2) is 8.75. The molecule has 1 aromatic heterocycles. The summed E-state index contributed by atoms with van der Waals surface area (Å²) >= 11 is 0. The molecule has 2 aromatic carbocycles. The highest BCUT2D eigenvalue weighted by Crippen LogP contribution is 2.40. The molecule has 1 aliphatic heterocycles. The Morgan fingerprint density at radius 1 is 1.15 bits per heavy atom. The van der Waals surface area contributed by atoms with E-state index < -0.39 is 23.1 Å². The Morgan fingerprint density at radius 3 is 2.58 bits per heavy atom. The first-order chi connectivity index (χ1) is 16.0. The van der Waals surface area contributed by atoms with Gasteiger partial charge in [-0.15, -0.1) is 0 Å². The van der Waals surface area contributed by atoms with E-state index in [4.69, 9.17) is 11.3 Å². The lowest BCUT2D eigenvalue weighted by atomic mass is 10.1. The number of benzene rings is 2. The molecule has 1 N–H and O–H groups in total. The van der Waals surface area contributed by atoms with Crippen LogP contribution in [-0.4, -0.2) is 29.2 Å². The number of nitrogens with one attached hydrogen (secondary N) is 1. The first-order valence-electron chi connectivity index (χ1n) is 11.0. The molecule has 168 valence electrons. The zero-order chi connectivity index (χ0) is 22.9. The third-order valence-corrected chi connectivity index (χ3v) is 6.14. The largest absolute Gasteiger partial charge is 0.475 e. The van der Waals surface area contributed by atoms with E-state index in [2.05, 4.69) is 15.1 Å². The monoisotopic (exact) mass is 448 g/mol. The summed E-state index contributed by atoms with van der Waals surface area (Å²) in [5.41, 5.74) is 0.768. The average molecular weight is 448 g/mol. The summed E-state index contributed by atoms with van der Waals surface area (Å²) in [6.45, 7) is 8.91. The van der Waals surface area contributed by atoms with Crippen LogP contribution in [0.5, 0.6) is 5.88 Å². The molecule has 3 aromatic rings. The zero-order valence-corrected chi connectivity index (χ0v) is 17.9. The van der Waals surface area contributed by atoms with Crippen LogP contribution in [0.4, 0.5) is 14.5 Å². The highest BCUT2D eigenvalue weighted by molar-refractivity contribution is 5.63. The number of aromatic nitrogens is 2. The Bertz CT molecular complexity index is 1290. The van der Waals surface area contributed by atoms with Crippen LogP contribution in [0.25, 0.3) is 21.9 Å². The summed E-state index contributed by atoms with van der Waals surface area (Å²) in [7, 11) is 0. The third-order valence-electron chi connectivity index (χ3n) is 6.14. The molecule has 2 aliphatic rings. The molecule has 0 amide bonds. The molecular formula is C25H22F2N4O2. The smallest absolute Gasteiger partial charge is 0.298 e. The van der Waals surface area contributed by atoms with Crippen molar-refractivity contribution in [2.75, 3.05) is 19.7 Å². The molecule has 0 spiro atoms. The van der Waals surface area contributed by atoms with Gasteiger partial charge in [0.05, 0.1) is 18.9 Å². The molecule has 2 fully saturated rings. The molecular weight excluding hydrogens is 426 g/mol. The van der Waals surface area contributed by atoms with Gasteiger partial charge in [-0.1, -0.05) is 24.3 Å². The highest BCUT2D eigenvalue weighted by atomic mass is 19.1. The van der Waals surface area contributed by atoms with Crippen molar-refractivity contribution < 1.29 is 13.5 Å². The molecule has 2 heterocycles. The van der Waals surface area contributed by atoms with Crippen LogP contribution < -0.4 is 15.6 Å². The number of hydrogen-bond acceptors (Lipinski definition) is 4. The summed E-state index contributed by atoms with van der Waals surface area (Å²) in [6.07, 6.45) is 3.16. The van der Waals surface area contributed by atoms with Crippen molar-refractivity contribution in [1.29, 1.82) is 0 Å². The average Bonchev–Trinajstić information content (AvgIpc) is 3.55. The number of hydrogen-bond donors (Lipinski definition) is 1. The molecule has 33 heavy (non-hydrogen) atoms. The van der Waals surface area contributed by atoms with Gasteiger partial charge in [-0.05, 0) is 55.5 Å².